The number of ether oxygens (including phenoxy) is 2. The normalized spacial score (nSPS) is 23.4. The van der Waals surface area contributed by atoms with Crippen LogP contribution in [0.5, 0.6) is 5.75 Å². The maximum Gasteiger partial charge on any atom is 0.214 e. The third kappa shape index (κ3) is 5.17. The van der Waals surface area contributed by atoms with Gasteiger partial charge in [0.15, 0.2) is 0 Å². The molecule has 0 bridgehead atoms. The van der Waals surface area contributed by atoms with E-state index in [1.54, 1.807) is 14.0 Å². The highest BCUT2D eigenvalue weighted by atomic mass is 32.2. The standard InChI is InChI=1S/C16H26N2O4S/c1-12(21-2)11-23(19,20)18-16-10-17-9-8-15(16)13-4-6-14(22-3)7-5-13/h4-7,12,15-18H,8-11H2,1-3H3. The summed E-state index contributed by atoms with van der Waals surface area (Å²) in [6, 6.07) is 7.68. The number of hydrogen-bond donors (Lipinski definition) is 2. The summed E-state index contributed by atoms with van der Waals surface area (Å²) in [5, 5.41) is 3.26. The van der Waals surface area contributed by atoms with Crippen LogP contribution in [0.2, 0.25) is 0 Å². The number of sulfonamides is 1. The third-order valence-corrected chi connectivity index (χ3v) is 5.78. The van der Waals surface area contributed by atoms with Gasteiger partial charge in [-0.25, -0.2) is 13.1 Å². The quantitative estimate of drug-likeness (QED) is 0.776. The minimum absolute atomic E-state index is 0.0324. The van der Waals surface area contributed by atoms with Gasteiger partial charge in [0.1, 0.15) is 5.75 Å². The topological polar surface area (TPSA) is 76.7 Å². The molecule has 1 aromatic carbocycles. The molecule has 0 aliphatic carbocycles. The monoisotopic (exact) mass is 342 g/mol. The number of hydrogen-bond acceptors (Lipinski definition) is 5. The summed E-state index contributed by atoms with van der Waals surface area (Å²) in [6.07, 6.45) is 0.558. The molecule has 6 nitrogen and oxygen atoms in total. The SMILES string of the molecule is COc1ccc(C2CCNCC2NS(=O)(=O)CC(C)OC)cc1. The molecule has 0 radical (unpaired) electrons. The van der Waals surface area contributed by atoms with Crippen molar-refractivity contribution in [2.75, 3.05) is 33.1 Å². The lowest BCUT2D eigenvalue weighted by Crippen LogP contribution is -2.51. The van der Waals surface area contributed by atoms with Crippen LogP contribution in [0.25, 0.3) is 0 Å². The summed E-state index contributed by atoms with van der Waals surface area (Å²) in [5.41, 5.74) is 1.12. The summed E-state index contributed by atoms with van der Waals surface area (Å²) < 4.78 is 37.7. The van der Waals surface area contributed by atoms with Gasteiger partial charge >= 0.3 is 0 Å². The summed E-state index contributed by atoms with van der Waals surface area (Å²) in [6.45, 7) is 3.25. The van der Waals surface area contributed by atoms with Crippen molar-refractivity contribution < 1.29 is 17.9 Å². The Hall–Kier alpha value is -1.15. The Balaban J connectivity index is 2.11. The van der Waals surface area contributed by atoms with Gasteiger partial charge in [0.05, 0.1) is 19.0 Å². The second kappa shape index (κ2) is 8.10. The van der Waals surface area contributed by atoms with Crippen molar-refractivity contribution in [3.63, 3.8) is 0 Å². The summed E-state index contributed by atoms with van der Waals surface area (Å²) >= 11 is 0. The first-order valence-electron chi connectivity index (χ1n) is 7.82. The van der Waals surface area contributed by atoms with Gasteiger partial charge in [0.2, 0.25) is 10.0 Å². The van der Waals surface area contributed by atoms with Crippen molar-refractivity contribution >= 4 is 10.0 Å². The average Bonchev–Trinajstić information content (AvgIpc) is 2.54. The van der Waals surface area contributed by atoms with Crippen LogP contribution in [0.3, 0.4) is 0 Å². The van der Waals surface area contributed by atoms with Crippen molar-refractivity contribution in [1.82, 2.24) is 10.0 Å². The summed E-state index contributed by atoms with van der Waals surface area (Å²) in [5.74, 6) is 0.915. The van der Waals surface area contributed by atoms with Crippen molar-refractivity contribution in [3.8, 4) is 5.75 Å². The molecule has 1 saturated heterocycles. The van der Waals surface area contributed by atoms with Crippen LogP contribution in [0.1, 0.15) is 24.8 Å². The highest BCUT2D eigenvalue weighted by Gasteiger charge is 2.30. The lowest BCUT2D eigenvalue weighted by Gasteiger charge is -2.33. The molecule has 3 atom stereocenters. The number of rotatable bonds is 7. The molecule has 1 aliphatic rings. The van der Waals surface area contributed by atoms with E-state index in [0.29, 0.717) is 6.54 Å². The van der Waals surface area contributed by atoms with Crippen molar-refractivity contribution in [2.45, 2.75) is 31.4 Å². The Morgan fingerprint density at radius 2 is 2.00 bits per heavy atom. The lowest BCUT2D eigenvalue weighted by molar-refractivity contribution is 0.136. The van der Waals surface area contributed by atoms with Crippen LogP contribution in [-0.2, 0) is 14.8 Å². The van der Waals surface area contributed by atoms with Crippen LogP contribution >= 0.6 is 0 Å². The highest BCUT2D eigenvalue weighted by molar-refractivity contribution is 7.89. The predicted octanol–water partition coefficient (Wildman–Crippen LogP) is 1.10. The van der Waals surface area contributed by atoms with Gasteiger partial charge in [-0.05, 0) is 37.6 Å². The van der Waals surface area contributed by atoms with Crippen molar-refractivity contribution in [1.29, 1.82) is 0 Å². The predicted molar refractivity (Wildman–Crippen MR) is 90.4 cm³/mol. The summed E-state index contributed by atoms with van der Waals surface area (Å²) in [4.78, 5) is 0. The van der Waals surface area contributed by atoms with E-state index in [0.717, 1.165) is 24.3 Å². The fraction of sp³-hybridized carbons (Fsp3) is 0.625. The van der Waals surface area contributed by atoms with E-state index in [4.69, 9.17) is 9.47 Å². The fourth-order valence-electron chi connectivity index (χ4n) is 2.89. The van der Waals surface area contributed by atoms with Crippen molar-refractivity contribution in [3.05, 3.63) is 29.8 Å². The van der Waals surface area contributed by atoms with Gasteiger partial charge in [-0.3, -0.25) is 0 Å². The van der Waals surface area contributed by atoms with E-state index < -0.39 is 10.0 Å². The molecule has 0 aromatic heterocycles. The molecule has 1 aromatic rings. The van der Waals surface area contributed by atoms with E-state index in [2.05, 4.69) is 10.0 Å². The second-order valence-corrected chi connectivity index (χ2v) is 7.72. The second-order valence-electron chi connectivity index (χ2n) is 5.92. The van der Waals surface area contributed by atoms with Gasteiger partial charge < -0.3 is 14.8 Å². The van der Waals surface area contributed by atoms with Gasteiger partial charge in [0, 0.05) is 25.6 Å². The van der Waals surface area contributed by atoms with Gasteiger partial charge in [-0.2, -0.15) is 0 Å². The zero-order chi connectivity index (χ0) is 16.9. The summed E-state index contributed by atoms with van der Waals surface area (Å²) in [7, 11) is -0.237. The van der Waals surface area contributed by atoms with Gasteiger partial charge in [-0.1, -0.05) is 12.1 Å². The minimum Gasteiger partial charge on any atom is -0.497 e. The first-order valence-corrected chi connectivity index (χ1v) is 9.48. The third-order valence-electron chi connectivity index (χ3n) is 4.21. The van der Waals surface area contributed by atoms with Crippen LogP contribution in [0, 0.1) is 0 Å². The first-order chi connectivity index (χ1) is 10.9. The van der Waals surface area contributed by atoms with Gasteiger partial charge in [0.25, 0.3) is 0 Å². The van der Waals surface area contributed by atoms with E-state index in [9.17, 15) is 8.42 Å². The molecular formula is C16H26N2O4S. The highest BCUT2D eigenvalue weighted by Crippen LogP contribution is 2.27. The lowest BCUT2D eigenvalue weighted by atomic mass is 9.86. The maximum absolute atomic E-state index is 12.3. The smallest absolute Gasteiger partial charge is 0.214 e. The molecule has 3 unspecified atom stereocenters. The van der Waals surface area contributed by atoms with Crippen LogP contribution in [0.15, 0.2) is 24.3 Å². The molecule has 130 valence electrons. The number of piperidine rings is 1. The van der Waals surface area contributed by atoms with Gasteiger partial charge in [-0.15, -0.1) is 0 Å². The molecule has 0 amide bonds. The molecule has 1 aliphatic heterocycles. The molecular weight excluding hydrogens is 316 g/mol. The van der Waals surface area contributed by atoms with Crippen molar-refractivity contribution in [2.24, 2.45) is 0 Å². The Labute approximate surface area is 138 Å². The Kier molecular flexibility index (Phi) is 6.41. The number of benzene rings is 1. The molecule has 1 fully saturated rings. The zero-order valence-corrected chi connectivity index (χ0v) is 14.7. The molecule has 1 heterocycles. The van der Waals surface area contributed by atoms with Crippen LogP contribution < -0.4 is 14.8 Å². The largest absolute Gasteiger partial charge is 0.497 e. The van der Waals surface area contributed by atoms with Crippen LogP contribution in [0.4, 0.5) is 0 Å². The first kappa shape index (κ1) is 18.2. The Bertz CT molecular complexity index is 589. The molecule has 23 heavy (non-hydrogen) atoms. The average molecular weight is 342 g/mol. The molecule has 7 heteroatoms. The zero-order valence-electron chi connectivity index (χ0n) is 13.9. The van der Waals surface area contributed by atoms with E-state index >= 15 is 0 Å². The molecule has 2 N–H and O–H groups in total. The number of nitrogens with one attached hydrogen (secondary N) is 2. The molecule has 0 saturated carbocycles. The van der Waals surface area contributed by atoms with E-state index in [1.807, 2.05) is 24.3 Å². The van der Waals surface area contributed by atoms with Crippen LogP contribution in [-0.4, -0.2) is 53.6 Å². The Morgan fingerprint density at radius 1 is 1.30 bits per heavy atom. The molecule has 0 spiro atoms. The Morgan fingerprint density at radius 3 is 2.61 bits per heavy atom. The van der Waals surface area contributed by atoms with E-state index in [-0.39, 0.29) is 23.8 Å². The minimum atomic E-state index is -3.39. The number of methoxy groups -OCH3 is 2. The van der Waals surface area contributed by atoms with E-state index in [1.165, 1.54) is 7.11 Å². The maximum atomic E-state index is 12.3. The fourth-order valence-corrected chi connectivity index (χ4v) is 4.45. The molecule has 2 rings (SSSR count).